The van der Waals surface area contributed by atoms with Gasteiger partial charge in [-0.15, -0.1) is 0 Å². The average molecular weight is 695 g/mol. The summed E-state index contributed by atoms with van der Waals surface area (Å²) in [6, 6.07) is 9.53. The van der Waals surface area contributed by atoms with Crippen LogP contribution in [0.1, 0.15) is 50.7 Å². The molecule has 4 heterocycles. The van der Waals surface area contributed by atoms with E-state index in [-0.39, 0.29) is 0 Å². The first-order chi connectivity index (χ1) is 24.5. The van der Waals surface area contributed by atoms with E-state index in [1.54, 1.807) is 24.3 Å². The van der Waals surface area contributed by atoms with Gasteiger partial charge in [-0.1, -0.05) is 31.5 Å². The van der Waals surface area contributed by atoms with Crippen molar-refractivity contribution in [2.24, 2.45) is 0 Å². The van der Waals surface area contributed by atoms with Crippen LogP contribution in [0.5, 0.6) is 5.75 Å². The number of hydrogen-bond donors (Lipinski definition) is 2. The fourth-order valence-corrected chi connectivity index (χ4v) is 8.09. The van der Waals surface area contributed by atoms with Gasteiger partial charge in [0.05, 0.1) is 29.2 Å². The zero-order chi connectivity index (χ0) is 34.6. The van der Waals surface area contributed by atoms with Crippen molar-refractivity contribution in [3.63, 3.8) is 0 Å². The molecule has 0 amide bonds. The molecule has 2 aliphatic heterocycles. The number of hydrogen-bond acceptors (Lipinski definition) is 12. The monoisotopic (exact) mass is 694 g/mol. The molecule has 2 aromatic heterocycles. The Morgan fingerprint density at radius 1 is 0.960 bits per heavy atom. The van der Waals surface area contributed by atoms with Gasteiger partial charge in [0, 0.05) is 93.5 Å². The van der Waals surface area contributed by atoms with Crippen LogP contribution >= 0.6 is 11.9 Å². The molecule has 2 N–H and O–H groups in total. The van der Waals surface area contributed by atoms with E-state index in [2.05, 4.69) is 79.6 Å². The molecule has 1 aliphatic carbocycles. The number of piperazine rings is 1. The third-order valence-corrected chi connectivity index (χ3v) is 11.0. The van der Waals surface area contributed by atoms with Crippen LogP contribution in [0.4, 0.5) is 34.5 Å². The summed E-state index contributed by atoms with van der Waals surface area (Å²) in [6.45, 7) is 15.6. The predicted molar refractivity (Wildman–Crippen MR) is 209 cm³/mol. The second-order valence-electron chi connectivity index (χ2n) is 13.4. The van der Waals surface area contributed by atoms with Crippen molar-refractivity contribution in [2.75, 3.05) is 79.0 Å². The Balaban J connectivity index is 1.15. The summed E-state index contributed by atoms with van der Waals surface area (Å²) in [6.07, 6.45) is 14.9. The van der Waals surface area contributed by atoms with Gasteiger partial charge < -0.3 is 29.5 Å². The van der Waals surface area contributed by atoms with E-state index in [1.807, 2.05) is 25.3 Å². The highest BCUT2D eigenvalue weighted by Crippen LogP contribution is 2.44. The number of piperidine rings is 1. The van der Waals surface area contributed by atoms with Crippen molar-refractivity contribution >= 4 is 63.6 Å². The highest BCUT2D eigenvalue weighted by atomic mass is 32.2. The first-order valence-corrected chi connectivity index (χ1v) is 19.3. The van der Waals surface area contributed by atoms with Crippen molar-refractivity contribution in [1.29, 1.82) is 0 Å². The maximum absolute atomic E-state index is 6.23. The highest BCUT2D eigenvalue weighted by Gasteiger charge is 2.33. The summed E-state index contributed by atoms with van der Waals surface area (Å²) < 4.78 is 8.60. The Morgan fingerprint density at radius 2 is 1.74 bits per heavy atom. The van der Waals surface area contributed by atoms with Gasteiger partial charge in [-0.25, -0.2) is 4.98 Å². The smallest absolute Gasteiger partial charge is 0.229 e. The normalized spacial score (nSPS) is 17.6. The Bertz CT molecular complexity index is 1800. The molecule has 0 spiro atoms. The van der Waals surface area contributed by atoms with Crippen LogP contribution in [0.2, 0.25) is 0 Å². The second-order valence-corrected chi connectivity index (χ2v) is 14.2. The molecule has 50 heavy (non-hydrogen) atoms. The Morgan fingerprint density at radius 3 is 2.44 bits per heavy atom. The minimum atomic E-state index is 0.480. The SMILES string of the molecule is C=Cc1cc(Nc2ncc(CC)c(Nc3ccc4nccnc4c3N(SC)C3CC3)n2)c(OCC)cc1N1CCC(N2CCN(C)CC2)CC1. The van der Waals surface area contributed by atoms with E-state index >= 15 is 0 Å². The molecule has 0 unspecified atom stereocenters. The van der Waals surface area contributed by atoms with Crippen molar-refractivity contribution in [3.8, 4) is 5.75 Å². The number of aromatic nitrogens is 4. The molecule has 2 saturated heterocycles. The van der Waals surface area contributed by atoms with E-state index in [0.29, 0.717) is 24.6 Å². The molecule has 0 bridgehead atoms. The lowest BCUT2D eigenvalue weighted by atomic mass is 10.00. The van der Waals surface area contributed by atoms with E-state index in [9.17, 15) is 0 Å². The summed E-state index contributed by atoms with van der Waals surface area (Å²) in [5.41, 5.74) is 7.81. The van der Waals surface area contributed by atoms with Crippen LogP contribution in [-0.2, 0) is 6.42 Å². The molecule has 4 aromatic rings. The van der Waals surface area contributed by atoms with Crippen LogP contribution < -0.4 is 24.6 Å². The van der Waals surface area contributed by atoms with Crippen LogP contribution in [-0.4, -0.2) is 101 Å². The van der Waals surface area contributed by atoms with E-state index in [4.69, 9.17) is 19.7 Å². The molecular formula is C38H50N10OS. The molecule has 11 nitrogen and oxygen atoms in total. The van der Waals surface area contributed by atoms with Gasteiger partial charge in [0.1, 0.15) is 17.1 Å². The van der Waals surface area contributed by atoms with Crippen LogP contribution in [0.15, 0.2) is 49.4 Å². The number of ether oxygens (including phenoxy) is 1. The maximum atomic E-state index is 6.23. The van der Waals surface area contributed by atoms with Crippen LogP contribution in [0, 0.1) is 0 Å². The van der Waals surface area contributed by atoms with Crippen molar-refractivity contribution in [3.05, 3.63) is 60.6 Å². The standard InChI is InChI=1S/C38H50N10OS/c1-6-26-23-32(34(49-8-3)24-33(26)47-17-13-28(14-18-47)46-21-19-45(4)20-22-46)43-38-41-25-27(7-2)37(44-38)42-31-12-11-30-35(40-16-15-39-30)36(31)48(50-5)29-9-10-29/h6,11-12,15-16,23-25,28-29H,1,7-10,13-14,17-22H2,2-5H3,(H2,41,42,43,44). The first kappa shape index (κ1) is 34.3. The third kappa shape index (κ3) is 7.33. The number of fused-ring (bicyclic) bond motifs is 1. The number of likely N-dealkylation sites (N-methyl/N-ethyl adjacent to an activating group) is 1. The molecule has 0 atom stereocenters. The van der Waals surface area contributed by atoms with Gasteiger partial charge in [-0.3, -0.25) is 14.9 Å². The minimum absolute atomic E-state index is 0.480. The summed E-state index contributed by atoms with van der Waals surface area (Å²) in [7, 11) is 2.22. The van der Waals surface area contributed by atoms with Gasteiger partial charge >= 0.3 is 0 Å². The number of aryl methyl sites for hydroxylation is 1. The summed E-state index contributed by atoms with van der Waals surface area (Å²) in [5.74, 6) is 2.03. The number of benzene rings is 2. The largest absolute Gasteiger partial charge is 0.492 e. The fourth-order valence-electron chi connectivity index (χ4n) is 7.21. The zero-order valence-corrected chi connectivity index (χ0v) is 30.7. The van der Waals surface area contributed by atoms with Gasteiger partial charge in [0.2, 0.25) is 5.95 Å². The Labute approximate surface area is 300 Å². The predicted octanol–water partition coefficient (Wildman–Crippen LogP) is 6.97. The molecule has 3 aliphatic rings. The highest BCUT2D eigenvalue weighted by molar-refractivity contribution is 8.00. The minimum Gasteiger partial charge on any atom is -0.492 e. The fraction of sp³-hybridized carbons (Fsp3) is 0.474. The molecule has 264 valence electrons. The Kier molecular flexibility index (Phi) is 10.6. The van der Waals surface area contributed by atoms with Gasteiger partial charge in [0.15, 0.2) is 0 Å². The summed E-state index contributed by atoms with van der Waals surface area (Å²) >= 11 is 1.73. The average Bonchev–Trinajstić information content (AvgIpc) is 3.99. The van der Waals surface area contributed by atoms with Gasteiger partial charge in [-0.05, 0) is 69.8 Å². The van der Waals surface area contributed by atoms with Crippen molar-refractivity contribution in [2.45, 2.75) is 58.0 Å². The van der Waals surface area contributed by atoms with Crippen molar-refractivity contribution < 1.29 is 4.74 Å². The zero-order valence-electron chi connectivity index (χ0n) is 29.9. The third-order valence-electron chi connectivity index (χ3n) is 10.2. The van der Waals surface area contributed by atoms with E-state index in [1.165, 1.54) is 38.8 Å². The molecule has 0 radical (unpaired) electrons. The number of nitrogens with zero attached hydrogens (tertiary/aromatic N) is 8. The van der Waals surface area contributed by atoms with Gasteiger partial charge in [-0.2, -0.15) is 4.98 Å². The lowest BCUT2D eigenvalue weighted by Crippen LogP contribution is -2.52. The molecular weight excluding hydrogens is 645 g/mol. The molecule has 12 heteroatoms. The molecule has 7 rings (SSSR count). The van der Waals surface area contributed by atoms with Crippen LogP contribution in [0.3, 0.4) is 0 Å². The molecule has 1 saturated carbocycles. The molecule has 2 aromatic carbocycles. The maximum Gasteiger partial charge on any atom is 0.229 e. The summed E-state index contributed by atoms with van der Waals surface area (Å²) in [5, 5.41) is 7.18. The number of rotatable bonds is 13. The second kappa shape index (κ2) is 15.4. The lowest BCUT2D eigenvalue weighted by molar-refractivity contribution is 0.0982. The van der Waals surface area contributed by atoms with Crippen LogP contribution in [0.25, 0.3) is 17.1 Å². The Hall–Kier alpha value is -4.13. The molecule has 3 fully saturated rings. The summed E-state index contributed by atoms with van der Waals surface area (Å²) in [4.78, 5) is 26.7. The number of nitrogens with one attached hydrogen (secondary N) is 2. The van der Waals surface area contributed by atoms with Gasteiger partial charge in [0.25, 0.3) is 0 Å². The van der Waals surface area contributed by atoms with E-state index < -0.39 is 0 Å². The lowest BCUT2D eigenvalue weighted by Gasteiger charge is -2.43. The topological polar surface area (TPSA) is 97.8 Å². The first-order valence-electron chi connectivity index (χ1n) is 18.1. The van der Waals surface area contributed by atoms with Crippen molar-refractivity contribution in [1.82, 2.24) is 29.7 Å². The quantitative estimate of drug-likeness (QED) is 0.142. The number of anilines is 6. The van der Waals surface area contributed by atoms with E-state index in [0.717, 1.165) is 89.1 Å².